The van der Waals surface area contributed by atoms with Gasteiger partial charge in [0.05, 0.1) is 0 Å². The lowest BCUT2D eigenvalue weighted by Crippen LogP contribution is -2.21. The molecule has 18 heavy (non-hydrogen) atoms. The van der Waals surface area contributed by atoms with E-state index in [4.69, 9.17) is 0 Å². The van der Waals surface area contributed by atoms with E-state index >= 15 is 0 Å². The molecule has 4 nitrogen and oxygen atoms in total. The van der Waals surface area contributed by atoms with Crippen molar-refractivity contribution in [1.29, 1.82) is 0 Å². The lowest BCUT2D eigenvalue weighted by atomic mass is 9.95. The second kappa shape index (κ2) is 6.11. The zero-order valence-corrected chi connectivity index (χ0v) is 12.2. The molecule has 2 rings (SSSR count). The quantitative estimate of drug-likeness (QED) is 0.920. The van der Waals surface area contributed by atoms with Crippen molar-refractivity contribution < 1.29 is 0 Å². The summed E-state index contributed by atoms with van der Waals surface area (Å²) in [6, 6.07) is 8.34. The predicted molar refractivity (Wildman–Crippen MR) is 75.5 cm³/mol. The van der Waals surface area contributed by atoms with Gasteiger partial charge in [-0.05, 0) is 18.7 Å². The predicted octanol–water partition coefficient (Wildman–Crippen LogP) is 2.12. The van der Waals surface area contributed by atoms with Crippen molar-refractivity contribution in [2.45, 2.75) is 12.3 Å². The van der Waals surface area contributed by atoms with E-state index in [0.717, 1.165) is 23.3 Å². The summed E-state index contributed by atoms with van der Waals surface area (Å²) in [5.74, 6) is 1.39. The molecule has 2 aromatic rings. The Hall–Kier alpha value is -1.20. The van der Waals surface area contributed by atoms with Crippen molar-refractivity contribution in [2.75, 3.05) is 13.6 Å². The molecule has 0 radical (unpaired) electrons. The van der Waals surface area contributed by atoms with Gasteiger partial charge in [0.25, 0.3) is 0 Å². The fraction of sp³-hybridized carbons (Fsp3) is 0.385. The Morgan fingerprint density at radius 2 is 2.17 bits per heavy atom. The van der Waals surface area contributed by atoms with Crippen molar-refractivity contribution in [3.05, 3.63) is 46.5 Å². The maximum atomic E-state index is 4.30. The van der Waals surface area contributed by atoms with Crippen LogP contribution in [0.2, 0.25) is 0 Å². The number of nitrogens with one attached hydrogen (secondary N) is 1. The Kier molecular flexibility index (Phi) is 4.49. The minimum Gasteiger partial charge on any atom is -0.319 e. The molecule has 0 bridgehead atoms. The third kappa shape index (κ3) is 2.97. The van der Waals surface area contributed by atoms with Crippen LogP contribution in [0.4, 0.5) is 0 Å². The Balaban J connectivity index is 2.24. The van der Waals surface area contributed by atoms with Crippen LogP contribution < -0.4 is 5.32 Å². The molecule has 1 unspecified atom stereocenters. The van der Waals surface area contributed by atoms with Crippen LogP contribution in [0.1, 0.15) is 17.3 Å². The van der Waals surface area contributed by atoms with Crippen LogP contribution in [0, 0.1) is 0 Å². The van der Waals surface area contributed by atoms with Crippen LogP contribution in [0.5, 0.6) is 0 Å². The first-order valence-electron chi connectivity index (χ1n) is 5.94. The van der Waals surface area contributed by atoms with Crippen molar-refractivity contribution in [3.63, 3.8) is 0 Å². The molecule has 1 N–H and O–H groups in total. The molecular weight excluding hydrogens is 292 g/mol. The number of hydrogen-bond donors (Lipinski definition) is 1. The number of halogens is 1. The summed E-state index contributed by atoms with van der Waals surface area (Å²) in [4.78, 5) is 4.30. The smallest absolute Gasteiger partial charge is 0.138 e. The Bertz CT molecular complexity index is 509. The average molecular weight is 309 g/mol. The number of benzene rings is 1. The average Bonchev–Trinajstić information content (AvgIpc) is 2.75. The van der Waals surface area contributed by atoms with Crippen LogP contribution >= 0.6 is 15.9 Å². The van der Waals surface area contributed by atoms with Gasteiger partial charge < -0.3 is 5.32 Å². The van der Waals surface area contributed by atoms with Gasteiger partial charge in [-0.25, -0.2) is 4.98 Å². The molecular formula is C13H17BrN4. The fourth-order valence-electron chi connectivity index (χ4n) is 2.07. The third-order valence-electron chi connectivity index (χ3n) is 3.03. The second-order valence-corrected chi connectivity index (χ2v) is 5.13. The lowest BCUT2D eigenvalue weighted by molar-refractivity contribution is 0.581. The van der Waals surface area contributed by atoms with Crippen LogP contribution in [0.25, 0.3) is 0 Å². The molecule has 1 aromatic heterocycles. The molecule has 1 aromatic carbocycles. The molecule has 0 aliphatic carbocycles. The van der Waals surface area contributed by atoms with Gasteiger partial charge in [0.1, 0.15) is 12.2 Å². The van der Waals surface area contributed by atoms with Gasteiger partial charge in [0.15, 0.2) is 0 Å². The van der Waals surface area contributed by atoms with Crippen LogP contribution in [-0.4, -0.2) is 28.4 Å². The van der Waals surface area contributed by atoms with Gasteiger partial charge >= 0.3 is 0 Å². The Morgan fingerprint density at radius 1 is 1.39 bits per heavy atom. The molecule has 0 fully saturated rings. The maximum absolute atomic E-state index is 4.30. The van der Waals surface area contributed by atoms with Gasteiger partial charge in [-0.1, -0.05) is 34.1 Å². The summed E-state index contributed by atoms with van der Waals surface area (Å²) >= 11 is 3.62. The van der Waals surface area contributed by atoms with Crippen molar-refractivity contribution in [1.82, 2.24) is 20.1 Å². The number of nitrogens with zero attached hydrogens (tertiary/aromatic N) is 3. The molecule has 0 aliphatic rings. The highest BCUT2D eigenvalue weighted by molar-refractivity contribution is 9.10. The van der Waals surface area contributed by atoms with Gasteiger partial charge in [0, 0.05) is 30.4 Å². The van der Waals surface area contributed by atoms with Crippen LogP contribution in [-0.2, 0) is 13.5 Å². The first-order valence-corrected chi connectivity index (χ1v) is 6.73. The first-order chi connectivity index (χ1) is 8.72. The van der Waals surface area contributed by atoms with Crippen LogP contribution in [0.3, 0.4) is 0 Å². The first kappa shape index (κ1) is 13.2. The van der Waals surface area contributed by atoms with Crippen molar-refractivity contribution >= 4 is 15.9 Å². The normalized spacial score (nSPS) is 12.6. The molecule has 0 aliphatic heterocycles. The molecule has 1 heterocycles. The Morgan fingerprint density at radius 3 is 2.78 bits per heavy atom. The summed E-state index contributed by atoms with van der Waals surface area (Å²) in [6.45, 7) is 0.912. The standard InChI is InChI=1S/C13H17BrN4/c1-15-8-10(7-13-16-9-17-18(13)2)11-5-3-4-6-12(11)14/h3-6,9-10,15H,7-8H2,1-2H3. The third-order valence-corrected chi connectivity index (χ3v) is 3.75. The highest BCUT2D eigenvalue weighted by atomic mass is 79.9. The minimum atomic E-state index is 0.383. The molecule has 1 atom stereocenters. The summed E-state index contributed by atoms with van der Waals surface area (Å²) in [7, 11) is 3.90. The van der Waals surface area contributed by atoms with E-state index < -0.39 is 0 Å². The van der Waals surface area contributed by atoms with Crippen molar-refractivity contribution in [3.8, 4) is 0 Å². The molecule has 0 saturated heterocycles. The maximum Gasteiger partial charge on any atom is 0.138 e. The molecule has 96 valence electrons. The highest BCUT2D eigenvalue weighted by Crippen LogP contribution is 2.26. The second-order valence-electron chi connectivity index (χ2n) is 4.28. The largest absolute Gasteiger partial charge is 0.319 e. The SMILES string of the molecule is CNCC(Cc1ncnn1C)c1ccccc1Br. The summed E-state index contributed by atoms with van der Waals surface area (Å²) in [5.41, 5.74) is 1.30. The van der Waals surface area contributed by atoms with Gasteiger partial charge in [-0.2, -0.15) is 5.10 Å². The summed E-state index contributed by atoms with van der Waals surface area (Å²) in [5, 5.41) is 7.37. The van der Waals surface area contributed by atoms with E-state index in [1.54, 1.807) is 6.33 Å². The highest BCUT2D eigenvalue weighted by Gasteiger charge is 2.16. The van der Waals surface area contributed by atoms with E-state index in [9.17, 15) is 0 Å². The summed E-state index contributed by atoms with van der Waals surface area (Å²) < 4.78 is 2.98. The zero-order valence-electron chi connectivity index (χ0n) is 10.6. The topological polar surface area (TPSA) is 42.7 Å². The number of aromatic nitrogens is 3. The van der Waals surface area contributed by atoms with E-state index in [1.807, 2.05) is 24.8 Å². The van der Waals surface area contributed by atoms with Crippen LogP contribution in [0.15, 0.2) is 35.1 Å². The Labute approximate surface area is 116 Å². The van der Waals surface area contributed by atoms with Gasteiger partial charge in [-0.3, -0.25) is 4.68 Å². The lowest BCUT2D eigenvalue weighted by Gasteiger charge is -2.18. The number of likely N-dealkylation sites (N-methyl/N-ethyl adjacent to an activating group) is 1. The van der Waals surface area contributed by atoms with E-state index in [-0.39, 0.29) is 0 Å². The number of hydrogen-bond acceptors (Lipinski definition) is 3. The minimum absolute atomic E-state index is 0.383. The van der Waals surface area contributed by atoms with E-state index in [0.29, 0.717) is 5.92 Å². The monoisotopic (exact) mass is 308 g/mol. The van der Waals surface area contributed by atoms with E-state index in [2.05, 4.69) is 49.5 Å². The molecule has 0 spiro atoms. The van der Waals surface area contributed by atoms with E-state index in [1.165, 1.54) is 5.56 Å². The van der Waals surface area contributed by atoms with Gasteiger partial charge in [0.2, 0.25) is 0 Å². The van der Waals surface area contributed by atoms with Crippen molar-refractivity contribution in [2.24, 2.45) is 7.05 Å². The van der Waals surface area contributed by atoms with Gasteiger partial charge in [-0.15, -0.1) is 0 Å². The molecule has 5 heteroatoms. The summed E-state index contributed by atoms with van der Waals surface area (Å²) in [6.07, 6.45) is 2.48. The number of rotatable bonds is 5. The molecule has 0 amide bonds. The zero-order chi connectivity index (χ0) is 13.0. The molecule has 0 saturated carbocycles. The fourth-order valence-corrected chi connectivity index (χ4v) is 2.68. The number of aryl methyl sites for hydroxylation is 1.